The van der Waals surface area contributed by atoms with Gasteiger partial charge in [0, 0.05) is 65.3 Å². The van der Waals surface area contributed by atoms with Crippen LogP contribution in [0.15, 0.2) is 18.2 Å². The summed E-state index contributed by atoms with van der Waals surface area (Å²) in [4.78, 5) is 20.6. The number of piperazine rings is 1. The van der Waals surface area contributed by atoms with Gasteiger partial charge in [0.15, 0.2) is 11.5 Å². The minimum atomic E-state index is -0.369. The first-order valence-corrected chi connectivity index (χ1v) is 12.8. The first-order chi connectivity index (χ1) is 16.4. The van der Waals surface area contributed by atoms with Crippen LogP contribution in [0.5, 0.6) is 11.5 Å². The van der Waals surface area contributed by atoms with Crippen molar-refractivity contribution in [1.82, 2.24) is 19.6 Å². The summed E-state index contributed by atoms with van der Waals surface area (Å²) in [5, 5.41) is 10.7. The van der Waals surface area contributed by atoms with Crippen LogP contribution in [0, 0.1) is 5.92 Å². The molecule has 4 rings (SSSR count). The topological polar surface area (TPSA) is 68.7 Å². The van der Waals surface area contributed by atoms with Crippen molar-refractivity contribution in [2.24, 2.45) is 5.92 Å². The third-order valence-electron chi connectivity index (χ3n) is 7.74. The predicted molar refractivity (Wildman–Crippen MR) is 132 cm³/mol. The van der Waals surface area contributed by atoms with Gasteiger partial charge in [-0.3, -0.25) is 19.5 Å². The minimum Gasteiger partial charge on any atom is -0.493 e. The number of β-amino-alcohol motifs (C(OH)–C–C–N with tert-alkyl or cyclic N) is 1. The highest BCUT2D eigenvalue weighted by Crippen LogP contribution is 2.30. The molecular formula is C26H42N4O4. The summed E-state index contributed by atoms with van der Waals surface area (Å²) >= 11 is 0. The van der Waals surface area contributed by atoms with Crippen molar-refractivity contribution in [3.05, 3.63) is 23.8 Å². The molecule has 190 valence electrons. The number of nitrogens with zero attached hydrogens (tertiary/aromatic N) is 4. The van der Waals surface area contributed by atoms with E-state index in [4.69, 9.17) is 9.47 Å². The number of rotatable bonds is 8. The number of carbonyl (C=O) groups excluding carboxylic acids is 1. The van der Waals surface area contributed by atoms with Crippen molar-refractivity contribution in [3.63, 3.8) is 0 Å². The van der Waals surface area contributed by atoms with Crippen LogP contribution in [0.3, 0.4) is 0 Å². The van der Waals surface area contributed by atoms with Crippen molar-refractivity contribution < 1.29 is 19.4 Å². The van der Waals surface area contributed by atoms with Crippen molar-refractivity contribution in [3.8, 4) is 11.5 Å². The largest absolute Gasteiger partial charge is 0.493 e. The van der Waals surface area contributed by atoms with E-state index in [2.05, 4.69) is 33.8 Å². The van der Waals surface area contributed by atoms with E-state index in [9.17, 15) is 9.90 Å². The van der Waals surface area contributed by atoms with Crippen LogP contribution in [-0.2, 0) is 11.3 Å². The number of likely N-dealkylation sites (tertiary alicyclic amines) is 2. The van der Waals surface area contributed by atoms with E-state index in [-0.39, 0.29) is 18.1 Å². The number of ether oxygens (including phenoxy) is 2. The van der Waals surface area contributed by atoms with Crippen molar-refractivity contribution >= 4 is 5.91 Å². The zero-order chi connectivity index (χ0) is 24.1. The first kappa shape index (κ1) is 25.2. The number of methoxy groups -OCH3 is 1. The highest BCUT2D eigenvalue weighted by atomic mass is 16.5. The van der Waals surface area contributed by atoms with Crippen molar-refractivity contribution in [2.75, 3.05) is 72.6 Å². The zero-order valence-electron chi connectivity index (χ0n) is 21.1. The fraction of sp³-hybridized carbons (Fsp3) is 0.731. The monoisotopic (exact) mass is 474 g/mol. The van der Waals surface area contributed by atoms with E-state index in [0.29, 0.717) is 13.2 Å². The standard InChI is InChI=1S/C26H42N4O4/c1-20-6-8-27(9-7-20)14-15-34-25-5-4-22(16-26(25)33-3)17-28-18-23(24(32)19-28)30-12-10-29(11-13-30)21(2)31/h4-5,16,20,23-24,32H,6-15,17-19H2,1-3H3/t23-,24-/m0/s1. The number of aliphatic hydroxyl groups excluding tert-OH is 1. The maximum absolute atomic E-state index is 11.6. The second-order valence-electron chi connectivity index (χ2n) is 10.2. The molecule has 2 atom stereocenters. The Hall–Kier alpha value is -1.87. The Kier molecular flexibility index (Phi) is 8.69. The molecule has 0 spiro atoms. The molecule has 3 saturated heterocycles. The molecule has 3 fully saturated rings. The number of aliphatic hydroxyl groups is 1. The Morgan fingerprint density at radius 3 is 2.44 bits per heavy atom. The molecular weight excluding hydrogens is 432 g/mol. The number of benzene rings is 1. The van der Waals surface area contributed by atoms with E-state index in [1.54, 1.807) is 14.0 Å². The van der Waals surface area contributed by atoms with Crippen LogP contribution in [0.25, 0.3) is 0 Å². The summed E-state index contributed by atoms with van der Waals surface area (Å²) < 4.78 is 11.7. The second-order valence-corrected chi connectivity index (χ2v) is 10.2. The first-order valence-electron chi connectivity index (χ1n) is 12.8. The summed E-state index contributed by atoms with van der Waals surface area (Å²) in [5.74, 6) is 2.53. The fourth-order valence-corrected chi connectivity index (χ4v) is 5.46. The minimum absolute atomic E-state index is 0.122. The Bertz CT molecular complexity index is 806. The Morgan fingerprint density at radius 2 is 1.76 bits per heavy atom. The van der Waals surface area contributed by atoms with E-state index in [1.165, 1.54) is 12.8 Å². The maximum Gasteiger partial charge on any atom is 0.219 e. The molecule has 1 amide bonds. The third-order valence-corrected chi connectivity index (χ3v) is 7.74. The molecule has 34 heavy (non-hydrogen) atoms. The van der Waals surface area contributed by atoms with Crippen molar-refractivity contribution in [2.45, 2.75) is 45.4 Å². The lowest BCUT2D eigenvalue weighted by Crippen LogP contribution is -2.54. The number of piperidine rings is 1. The number of carbonyl (C=O) groups is 1. The van der Waals surface area contributed by atoms with Gasteiger partial charge in [-0.25, -0.2) is 0 Å². The average molecular weight is 475 g/mol. The van der Waals surface area contributed by atoms with Gasteiger partial charge in [0.1, 0.15) is 6.61 Å². The Balaban J connectivity index is 1.26. The number of hydrogen-bond donors (Lipinski definition) is 1. The lowest BCUT2D eigenvalue weighted by molar-refractivity contribution is -0.131. The van der Waals surface area contributed by atoms with Gasteiger partial charge < -0.3 is 19.5 Å². The molecule has 0 saturated carbocycles. The molecule has 0 radical (unpaired) electrons. The Labute approximate surface area is 204 Å². The molecule has 8 nitrogen and oxygen atoms in total. The fourth-order valence-electron chi connectivity index (χ4n) is 5.46. The molecule has 0 aliphatic carbocycles. The molecule has 3 aliphatic heterocycles. The van der Waals surface area contributed by atoms with E-state index in [0.717, 1.165) is 81.9 Å². The molecule has 1 aromatic carbocycles. The average Bonchev–Trinajstić information content (AvgIpc) is 3.20. The van der Waals surface area contributed by atoms with E-state index < -0.39 is 0 Å². The van der Waals surface area contributed by atoms with E-state index in [1.807, 2.05) is 11.0 Å². The summed E-state index contributed by atoms with van der Waals surface area (Å²) in [6.45, 7) is 13.3. The highest BCUT2D eigenvalue weighted by molar-refractivity contribution is 5.73. The molecule has 0 unspecified atom stereocenters. The summed E-state index contributed by atoms with van der Waals surface area (Å²) in [6.07, 6.45) is 2.18. The van der Waals surface area contributed by atoms with Gasteiger partial charge in [0.25, 0.3) is 0 Å². The van der Waals surface area contributed by atoms with Crippen LogP contribution in [0.2, 0.25) is 0 Å². The van der Waals surface area contributed by atoms with Crippen LogP contribution in [0.1, 0.15) is 32.3 Å². The van der Waals surface area contributed by atoms with Crippen LogP contribution >= 0.6 is 0 Å². The second kappa shape index (κ2) is 11.7. The number of hydrogen-bond acceptors (Lipinski definition) is 7. The van der Waals surface area contributed by atoms with Crippen LogP contribution < -0.4 is 9.47 Å². The quantitative estimate of drug-likeness (QED) is 0.613. The lowest BCUT2D eigenvalue weighted by Gasteiger charge is -2.38. The van der Waals surface area contributed by atoms with Gasteiger partial charge in [-0.15, -0.1) is 0 Å². The van der Waals surface area contributed by atoms with Crippen molar-refractivity contribution in [1.29, 1.82) is 0 Å². The molecule has 0 bridgehead atoms. The van der Waals surface area contributed by atoms with Gasteiger partial charge >= 0.3 is 0 Å². The van der Waals surface area contributed by atoms with Crippen LogP contribution in [-0.4, -0.2) is 115 Å². The highest BCUT2D eigenvalue weighted by Gasteiger charge is 2.37. The molecule has 0 aromatic heterocycles. The zero-order valence-corrected chi connectivity index (χ0v) is 21.1. The lowest BCUT2D eigenvalue weighted by atomic mass is 9.99. The normalized spacial score (nSPS) is 25.6. The molecule has 3 aliphatic rings. The molecule has 8 heteroatoms. The summed E-state index contributed by atoms with van der Waals surface area (Å²) in [5.41, 5.74) is 1.16. The summed E-state index contributed by atoms with van der Waals surface area (Å²) in [7, 11) is 1.69. The summed E-state index contributed by atoms with van der Waals surface area (Å²) in [6, 6.07) is 6.29. The maximum atomic E-state index is 11.6. The molecule has 1 aromatic rings. The molecule has 3 heterocycles. The van der Waals surface area contributed by atoms with Gasteiger partial charge in [-0.2, -0.15) is 0 Å². The van der Waals surface area contributed by atoms with Gasteiger partial charge in [-0.05, 0) is 49.5 Å². The SMILES string of the molecule is COc1cc(CN2C[C@H](O)[C@@H](N3CCN(C(C)=O)CC3)C2)ccc1OCCN1CCC(C)CC1. The smallest absolute Gasteiger partial charge is 0.219 e. The van der Waals surface area contributed by atoms with Gasteiger partial charge in [0.05, 0.1) is 13.2 Å². The van der Waals surface area contributed by atoms with Gasteiger partial charge in [0.2, 0.25) is 5.91 Å². The van der Waals surface area contributed by atoms with Crippen LogP contribution in [0.4, 0.5) is 0 Å². The van der Waals surface area contributed by atoms with E-state index >= 15 is 0 Å². The van der Waals surface area contributed by atoms with Gasteiger partial charge in [-0.1, -0.05) is 13.0 Å². The number of amides is 1. The Morgan fingerprint density at radius 1 is 1.03 bits per heavy atom. The predicted octanol–water partition coefficient (Wildman–Crippen LogP) is 1.52. The third kappa shape index (κ3) is 6.42. The molecule has 1 N–H and O–H groups in total.